The van der Waals surface area contributed by atoms with Crippen molar-refractivity contribution in [3.8, 4) is 5.69 Å². The highest BCUT2D eigenvalue weighted by Gasteiger charge is 2.08. The lowest BCUT2D eigenvalue weighted by Crippen LogP contribution is -2.17. The van der Waals surface area contributed by atoms with Crippen molar-refractivity contribution >= 4 is 33.2 Å². The van der Waals surface area contributed by atoms with E-state index in [2.05, 4.69) is 4.98 Å². The molecule has 17 heavy (non-hydrogen) atoms. The van der Waals surface area contributed by atoms with Crippen molar-refractivity contribution in [2.75, 3.05) is 0 Å². The van der Waals surface area contributed by atoms with Crippen LogP contribution in [0.4, 0.5) is 0 Å². The van der Waals surface area contributed by atoms with Crippen LogP contribution in [0.1, 0.15) is 0 Å². The summed E-state index contributed by atoms with van der Waals surface area (Å²) in [7, 11) is 0. The van der Waals surface area contributed by atoms with Crippen molar-refractivity contribution in [1.82, 2.24) is 9.55 Å². The van der Waals surface area contributed by atoms with Crippen molar-refractivity contribution in [3.05, 3.63) is 57.4 Å². The van der Waals surface area contributed by atoms with Crippen LogP contribution >= 0.6 is 22.9 Å². The van der Waals surface area contributed by atoms with E-state index in [4.69, 9.17) is 11.6 Å². The lowest BCUT2D eigenvalue weighted by Gasteiger charge is -2.06. The summed E-state index contributed by atoms with van der Waals surface area (Å²) in [6.07, 6.45) is 1.51. The van der Waals surface area contributed by atoms with E-state index in [1.54, 1.807) is 12.1 Å². The summed E-state index contributed by atoms with van der Waals surface area (Å²) in [5.74, 6) is 0. The molecule has 0 radical (unpaired) electrons. The molecule has 0 unspecified atom stereocenters. The average molecular weight is 263 g/mol. The summed E-state index contributed by atoms with van der Waals surface area (Å²) >= 11 is 7.46. The van der Waals surface area contributed by atoms with Crippen LogP contribution in [0.25, 0.3) is 15.9 Å². The van der Waals surface area contributed by atoms with Gasteiger partial charge in [0.15, 0.2) is 0 Å². The maximum atomic E-state index is 12.2. The summed E-state index contributed by atoms with van der Waals surface area (Å²) in [6, 6.07) is 9.05. The molecule has 0 aliphatic carbocycles. The zero-order valence-electron chi connectivity index (χ0n) is 8.63. The number of nitrogens with zero attached hydrogens (tertiary/aromatic N) is 2. The van der Waals surface area contributed by atoms with Gasteiger partial charge in [-0.05, 0) is 23.6 Å². The lowest BCUT2D eigenvalue weighted by molar-refractivity contribution is 0.967. The molecule has 0 saturated heterocycles. The van der Waals surface area contributed by atoms with Gasteiger partial charge in [-0.2, -0.15) is 0 Å². The third-order valence-corrected chi connectivity index (χ3v) is 3.69. The van der Waals surface area contributed by atoms with Gasteiger partial charge in [-0.25, -0.2) is 4.98 Å². The fourth-order valence-electron chi connectivity index (χ4n) is 1.66. The summed E-state index contributed by atoms with van der Waals surface area (Å²) in [5.41, 5.74) is 1.29. The van der Waals surface area contributed by atoms with Gasteiger partial charge in [0.25, 0.3) is 5.56 Å². The van der Waals surface area contributed by atoms with Crippen molar-refractivity contribution in [3.63, 3.8) is 0 Å². The van der Waals surface area contributed by atoms with Crippen molar-refractivity contribution in [2.45, 2.75) is 0 Å². The Morgan fingerprint density at radius 2 is 2.06 bits per heavy atom. The maximum absolute atomic E-state index is 12.2. The van der Waals surface area contributed by atoms with E-state index in [0.717, 1.165) is 5.52 Å². The minimum absolute atomic E-state index is 0.0851. The molecule has 1 aromatic carbocycles. The molecule has 3 aromatic rings. The number of benzene rings is 1. The zero-order valence-corrected chi connectivity index (χ0v) is 10.2. The maximum Gasteiger partial charge on any atom is 0.275 e. The molecule has 0 aliphatic rings. The highest BCUT2D eigenvalue weighted by atomic mass is 35.5. The molecule has 0 aliphatic heterocycles. The molecule has 2 heterocycles. The van der Waals surface area contributed by atoms with Crippen LogP contribution in [-0.4, -0.2) is 9.55 Å². The average Bonchev–Trinajstić information content (AvgIpc) is 2.80. The quantitative estimate of drug-likeness (QED) is 0.675. The van der Waals surface area contributed by atoms with Crippen LogP contribution in [0.3, 0.4) is 0 Å². The Morgan fingerprint density at radius 1 is 1.24 bits per heavy atom. The first-order chi connectivity index (χ1) is 8.27. The molecular weight excluding hydrogens is 256 g/mol. The Labute approximate surface area is 106 Å². The molecule has 0 spiro atoms. The smallest absolute Gasteiger partial charge is 0.267 e. The van der Waals surface area contributed by atoms with Gasteiger partial charge in [-0.3, -0.25) is 9.36 Å². The number of thiophene rings is 1. The first kappa shape index (κ1) is 10.5. The second-order valence-corrected chi connectivity index (χ2v) is 4.83. The number of hydrogen-bond acceptors (Lipinski definition) is 3. The van der Waals surface area contributed by atoms with Crippen molar-refractivity contribution in [2.24, 2.45) is 0 Å². The molecular formula is C12H7ClN2OS. The van der Waals surface area contributed by atoms with E-state index < -0.39 is 0 Å². The van der Waals surface area contributed by atoms with E-state index in [0.29, 0.717) is 15.4 Å². The molecule has 3 rings (SSSR count). The molecule has 0 bridgehead atoms. The minimum Gasteiger partial charge on any atom is -0.267 e. The molecule has 0 N–H and O–H groups in total. The van der Waals surface area contributed by atoms with E-state index in [-0.39, 0.29) is 5.56 Å². The number of aromatic nitrogens is 2. The second-order valence-electron chi connectivity index (χ2n) is 3.51. The molecule has 2 aromatic heterocycles. The lowest BCUT2D eigenvalue weighted by atomic mass is 10.3. The van der Waals surface area contributed by atoms with Gasteiger partial charge in [0.2, 0.25) is 0 Å². The van der Waals surface area contributed by atoms with Gasteiger partial charge in [0, 0.05) is 0 Å². The Hall–Kier alpha value is -1.65. The van der Waals surface area contributed by atoms with Gasteiger partial charge in [0.1, 0.15) is 11.0 Å². The topological polar surface area (TPSA) is 34.9 Å². The van der Waals surface area contributed by atoms with E-state index in [1.165, 1.54) is 22.2 Å². The highest BCUT2D eigenvalue weighted by molar-refractivity contribution is 7.17. The SMILES string of the molecule is O=c1c2sccc2ncn1-c1ccccc1Cl. The number of para-hydroxylation sites is 1. The summed E-state index contributed by atoms with van der Waals surface area (Å²) in [4.78, 5) is 16.5. The third-order valence-electron chi connectivity index (χ3n) is 2.48. The Morgan fingerprint density at radius 3 is 2.88 bits per heavy atom. The number of fused-ring (bicyclic) bond motifs is 1. The fraction of sp³-hybridized carbons (Fsp3) is 0. The van der Waals surface area contributed by atoms with E-state index >= 15 is 0 Å². The number of halogens is 1. The van der Waals surface area contributed by atoms with Crippen LogP contribution in [-0.2, 0) is 0 Å². The van der Waals surface area contributed by atoms with Crippen LogP contribution in [0.2, 0.25) is 5.02 Å². The fourth-order valence-corrected chi connectivity index (χ4v) is 2.67. The van der Waals surface area contributed by atoms with Gasteiger partial charge in [0.05, 0.1) is 16.2 Å². The van der Waals surface area contributed by atoms with Crippen LogP contribution in [0.15, 0.2) is 46.8 Å². The number of hydrogen-bond donors (Lipinski definition) is 0. The third kappa shape index (κ3) is 1.66. The molecule has 0 atom stereocenters. The van der Waals surface area contributed by atoms with Gasteiger partial charge in [-0.1, -0.05) is 23.7 Å². The van der Waals surface area contributed by atoms with Gasteiger partial charge < -0.3 is 0 Å². The highest BCUT2D eigenvalue weighted by Crippen LogP contribution is 2.20. The van der Waals surface area contributed by atoms with Gasteiger partial charge in [-0.15, -0.1) is 11.3 Å². The molecule has 0 saturated carbocycles. The molecule has 84 valence electrons. The first-order valence-electron chi connectivity index (χ1n) is 4.97. The zero-order chi connectivity index (χ0) is 11.8. The normalized spacial score (nSPS) is 10.9. The van der Waals surface area contributed by atoms with Crippen LogP contribution in [0, 0.1) is 0 Å². The summed E-state index contributed by atoms with van der Waals surface area (Å²) in [5, 5.41) is 2.39. The van der Waals surface area contributed by atoms with Crippen LogP contribution in [0.5, 0.6) is 0 Å². The summed E-state index contributed by atoms with van der Waals surface area (Å²) < 4.78 is 2.12. The largest absolute Gasteiger partial charge is 0.275 e. The van der Waals surface area contributed by atoms with Gasteiger partial charge >= 0.3 is 0 Å². The van der Waals surface area contributed by atoms with Crippen LogP contribution < -0.4 is 5.56 Å². The Balaban J connectivity index is 2.35. The van der Waals surface area contributed by atoms with E-state index in [1.807, 2.05) is 23.6 Å². The first-order valence-corrected chi connectivity index (χ1v) is 6.23. The standard InChI is InChI=1S/C12H7ClN2OS/c13-8-3-1-2-4-10(8)15-7-14-9-5-6-17-11(9)12(15)16/h1-7H. The van der Waals surface area contributed by atoms with E-state index in [9.17, 15) is 4.79 Å². The predicted octanol–water partition coefficient (Wildman–Crippen LogP) is 3.10. The monoisotopic (exact) mass is 262 g/mol. The second kappa shape index (κ2) is 3.98. The Kier molecular flexibility index (Phi) is 2.46. The van der Waals surface area contributed by atoms with Crippen molar-refractivity contribution < 1.29 is 0 Å². The number of rotatable bonds is 1. The molecule has 5 heteroatoms. The molecule has 0 amide bonds. The summed E-state index contributed by atoms with van der Waals surface area (Å²) in [6.45, 7) is 0. The molecule has 3 nitrogen and oxygen atoms in total. The predicted molar refractivity (Wildman–Crippen MR) is 70.2 cm³/mol. The Bertz CT molecular complexity index is 747. The minimum atomic E-state index is -0.0851. The molecule has 0 fully saturated rings. The van der Waals surface area contributed by atoms with Crippen molar-refractivity contribution in [1.29, 1.82) is 0 Å².